The van der Waals surface area contributed by atoms with Crippen molar-refractivity contribution in [3.63, 3.8) is 0 Å². The molecule has 7 heteroatoms. The molecule has 0 radical (unpaired) electrons. The molecule has 0 saturated carbocycles. The van der Waals surface area contributed by atoms with Gasteiger partial charge in [-0.3, -0.25) is 9.59 Å². The standard InChI is InChI=1S/C26H21BrClN3O2/c27-19-11-9-17(10-12-19)15-24(31-25(32)21-6-1-3-7-22(21)28)26(33)29-14-13-18-16-30-23-8-4-2-5-20(18)23/h1-12,15-16,30H,13-14H2,(H,29,33)(H,31,32)/b24-15-. The third-order valence-corrected chi connectivity index (χ3v) is 6.01. The number of aromatic nitrogens is 1. The number of hydrogen-bond donors (Lipinski definition) is 3. The van der Waals surface area contributed by atoms with Gasteiger partial charge in [-0.1, -0.05) is 70.0 Å². The van der Waals surface area contributed by atoms with Crippen LogP contribution < -0.4 is 10.6 Å². The van der Waals surface area contributed by atoms with Gasteiger partial charge in [0.25, 0.3) is 11.8 Å². The maximum absolute atomic E-state index is 13.0. The first-order valence-electron chi connectivity index (χ1n) is 10.4. The van der Waals surface area contributed by atoms with Crippen LogP contribution in [0.2, 0.25) is 5.02 Å². The highest BCUT2D eigenvalue weighted by molar-refractivity contribution is 9.10. The van der Waals surface area contributed by atoms with Gasteiger partial charge in [0, 0.05) is 28.1 Å². The van der Waals surface area contributed by atoms with Gasteiger partial charge < -0.3 is 15.6 Å². The third kappa shape index (κ3) is 5.72. The van der Waals surface area contributed by atoms with Crippen LogP contribution in [-0.4, -0.2) is 23.3 Å². The van der Waals surface area contributed by atoms with Gasteiger partial charge in [-0.25, -0.2) is 0 Å². The topological polar surface area (TPSA) is 74.0 Å². The summed E-state index contributed by atoms with van der Waals surface area (Å²) in [6.45, 7) is 0.417. The van der Waals surface area contributed by atoms with E-state index >= 15 is 0 Å². The summed E-state index contributed by atoms with van der Waals surface area (Å²) in [5, 5.41) is 7.08. The van der Waals surface area contributed by atoms with Gasteiger partial charge in [-0.15, -0.1) is 0 Å². The molecule has 0 aliphatic heterocycles. The van der Waals surface area contributed by atoms with E-state index in [1.807, 2.05) is 54.7 Å². The number of carbonyl (C=O) groups is 2. The van der Waals surface area contributed by atoms with Crippen molar-refractivity contribution in [1.82, 2.24) is 15.6 Å². The minimum atomic E-state index is -0.448. The second-order valence-corrected chi connectivity index (χ2v) is 8.73. The monoisotopic (exact) mass is 521 g/mol. The summed E-state index contributed by atoms with van der Waals surface area (Å²) in [6.07, 6.45) is 4.25. The summed E-state index contributed by atoms with van der Waals surface area (Å²) in [5.41, 5.74) is 3.39. The normalized spacial score (nSPS) is 11.4. The summed E-state index contributed by atoms with van der Waals surface area (Å²) >= 11 is 9.56. The molecule has 166 valence electrons. The van der Waals surface area contributed by atoms with E-state index in [0.717, 1.165) is 26.5 Å². The number of benzene rings is 3. The van der Waals surface area contributed by atoms with Crippen molar-refractivity contribution in [2.24, 2.45) is 0 Å². The van der Waals surface area contributed by atoms with Gasteiger partial charge in [0.1, 0.15) is 5.70 Å². The highest BCUT2D eigenvalue weighted by atomic mass is 79.9. The molecule has 4 rings (SSSR count). The van der Waals surface area contributed by atoms with Gasteiger partial charge in [0.05, 0.1) is 10.6 Å². The average molecular weight is 523 g/mol. The number of halogens is 2. The van der Waals surface area contributed by atoms with Crippen LogP contribution in [-0.2, 0) is 11.2 Å². The lowest BCUT2D eigenvalue weighted by molar-refractivity contribution is -0.117. The van der Waals surface area contributed by atoms with Crippen LogP contribution in [0.3, 0.4) is 0 Å². The fourth-order valence-electron chi connectivity index (χ4n) is 3.46. The highest BCUT2D eigenvalue weighted by Crippen LogP contribution is 2.18. The number of carbonyl (C=O) groups excluding carboxylic acids is 2. The van der Waals surface area contributed by atoms with Crippen molar-refractivity contribution in [2.45, 2.75) is 6.42 Å². The number of fused-ring (bicyclic) bond motifs is 1. The number of nitrogens with one attached hydrogen (secondary N) is 3. The van der Waals surface area contributed by atoms with Crippen LogP contribution in [0, 0.1) is 0 Å². The van der Waals surface area contributed by atoms with Crippen LogP contribution in [0.5, 0.6) is 0 Å². The molecule has 0 bridgehead atoms. The van der Waals surface area contributed by atoms with E-state index in [1.165, 1.54) is 0 Å². The number of aromatic amines is 1. The molecule has 1 heterocycles. The van der Waals surface area contributed by atoms with Gasteiger partial charge in [-0.2, -0.15) is 0 Å². The number of para-hydroxylation sites is 1. The smallest absolute Gasteiger partial charge is 0.267 e. The van der Waals surface area contributed by atoms with E-state index < -0.39 is 5.91 Å². The molecule has 0 spiro atoms. The molecule has 0 fully saturated rings. The van der Waals surface area contributed by atoms with Crippen LogP contribution in [0.15, 0.2) is 89.2 Å². The molecule has 0 saturated heterocycles. The van der Waals surface area contributed by atoms with Crippen molar-refractivity contribution >= 4 is 56.3 Å². The largest absolute Gasteiger partial charge is 0.361 e. The zero-order valence-electron chi connectivity index (χ0n) is 17.6. The summed E-state index contributed by atoms with van der Waals surface area (Å²) in [7, 11) is 0. The van der Waals surface area contributed by atoms with Gasteiger partial charge >= 0.3 is 0 Å². The molecule has 0 atom stereocenters. The molecular formula is C26H21BrClN3O2. The molecule has 0 aliphatic rings. The Morgan fingerprint density at radius 1 is 0.970 bits per heavy atom. The van der Waals surface area contributed by atoms with E-state index in [1.54, 1.807) is 30.3 Å². The summed E-state index contributed by atoms with van der Waals surface area (Å²) in [4.78, 5) is 29.1. The third-order valence-electron chi connectivity index (χ3n) is 5.15. The Kier molecular flexibility index (Phi) is 7.27. The number of hydrogen-bond acceptors (Lipinski definition) is 2. The lowest BCUT2D eigenvalue weighted by Crippen LogP contribution is -2.35. The van der Waals surface area contributed by atoms with E-state index in [9.17, 15) is 9.59 Å². The van der Waals surface area contributed by atoms with Crippen LogP contribution in [0.4, 0.5) is 0 Å². The molecule has 0 aliphatic carbocycles. The number of rotatable bonds is 7. The fourth-order valence-corrected chi connectivity index (χ4v) is 3.95. The quantitative estimate of drug-likeness (QED) is 0.272. The molecule has 4 aromatic rings. The lowest BCUT2D eigenvalue weighted by atomic mass is 10.1. The van der Waals surface area contributed by atoms with E-state index in [0.29, 0.717) is 23.6 Å². The first-order chi connectivity index (χ1) is 16.0. The number of amides is 2. The molecule has 1 aromatic heterocycles. The maximum Gasteiger partial charge on any atom is 0.267 e. The average Bonchev–Trinajstić information content (AvgIpc) is 3.23. The first kappa shape index (κ1) is 22.8. The Morgan fingerprint density at radius 3 is 2.48 bits per heavy atom. The Bertz CT molecular complexity index is 1330. The Morgan fingerprint density at radius 2 is 1.70 bits per heavy atom. The second-order valence-electron chi connectivity index (χ2n) is 7.41. The van der Waals surface area contributed by atoms with Crippen molar-refractivity contribution in [3.05, 3.63) is 111 Å². The van der Waals surface area contributed by atoms with Crippen molar-refractivity contribution in [2.75, 3.05) is 6.54 Å². The minimum absolute atomic E-state index is 0.140. The predicted octanol–water partition coefficient (Wildman–Crippen LogP) is 5.71. The SMILES string of the molecule is O=C(NCCc1c[nH]c2ccccc12)/C(=C/c1ccc(Br)cc1)NC(=O)c1ccccc1Cl. The van der Waals surface area contributed by atoms with Crippen molar-refractivity contribution in [1.29, 1.82) is 0 Å². The Balaban J connectivity index is 1.50. The van der Waals surface area contributed by atoms with Gasteiger partial charge in [-0.05, 0) is 54.0 Å². The van der Waals surface area contributed by atoms with Crippen molar-refractivity contribution in [3.8, 4) is 0 Å². The molecular weight excluding hydrogens is 502 g/mol. The van der Waals surface area contributed by atoms with Crippen LogP contribution in [0.25, 0.3) is 17.0 Å². The van der Waals surface area contributed by atoms with Crippen LogP contribution in [0.1, 0.15) is 21.5 Å². The van der Waals surface area contributed by atoms with Gasteiger partial charge in [0.2, 0.25) is 0 Å². The molecule has 3 N–H and O–H groups in total. The zero-order valence-corrected chi connectivity index (χ0v) is 19.9. The Hall–Kier alpha value is -3.35. The van der Waals surface area contributed by atoms with Crippen molar-refractivity contribution < 1.29 is 9.59 Å². The van der Waals surface area contributed by atoms with E-state index in [2.05, 4.69) is 31.5 Å². The highest BCUT2D eigenvalue weighted by Gasteiger charge is 2.16. The molecule has 3 aromatic carbocycles. The second kappa shape index (κ2) is 10.5. The van der Waals surface area contributed by atoms with E-state index in [4.69, 9.17) is 11.6 Å². The van der Waals surface area contributed by atoms with E-state index in [-0.39, 0.29) is 11.6 Å². The molecule has 2 amide bonds. The zero-order chi connectivity index (χ0) is 23.2. The fraction of sp³-hybridized carbons (Fsp3) is 0.0769. The lowest BCUT2D eigenvalue weighted by Gasteiger charge is -2.12. The minimum Gasteiger partial charge on any atom is -0.361 e. The van der Waals surface area contributed by atoms with Gasteiger partial charge in [0.15, 0.2) is 0 Å². The number of H-pyrrole nitrogens is 1. The predicted molar refractivity (Wildman–Crippen MR) is 136 cm³/mol. The first-order valence-corrected chi connectivity index (χ1v) is 11.5. The molecule has 0 unspecified atom stereocenters. The Labute approximate surface area is 205 Å². The summed E-state index contributed by atoms with van der Waals surface area (Å²) < 4.78 is 0.921. The molecule has 33 heavy (non-hydrogen) atoms. The van der Waals surface area contributed by atoms with Crippen LogP contribution >= 0.6 is 27.5 Å². The summed E-state index contributed by atoms with van der Waals surface area (Å²) in [6, 6.07) is 22.2. The summed E-state index contributed by atoms with van der Waals surface area (Å²) in [5.74, 6) is -0.825. The maximum atomic E-state index is 13.0. The molecule has 5 nitrogen and oxygen atoms in total.